The molecular formula is C30H41N3O. The molecule has 1 aromatic carbocycles. The Morgan fingerprint density at radius 2 is 1.88 bits per heavy atom. The van der Waals surface area contributed by atoms with E-state index in [0.29, 0.717) is 11.8 Å². The van der Waals surface area contributed by atoms with Gasteiger partial charge in [-0.2, -0.15) is 0 Å². The van der Waals surface area contributed by atoms with E-state index < -0.39 is 5.60 Å². The molecule has 0 bridgehead atoms. The fourth-order valence-electron chi connectivity index (χ4n) is 5.47. The fourth-order valence-corrected chi connectivity index (χ4v) is 5.47. The Hall–Kier alpha value is -2.33. The molecule has 0 aromatic heterocycles. The van der Waals surface area contributed by atoms with Crippen LogP contribution in [0, 0.1) is 11.8 Å². The van der Waals surface area contributed by atoms with Crippen molar-refractivity contribution < 1.29 is 5.11 Å². The van der Waals surface area contributed by atoms with Gasteiger partial charge in [0, 0.05) is 31.3 Å². The molecule has 3 unspecified atom stereocenters. The van der Waals surface area contributed by atoms with E-state index >= 15 is 0 Å². The van der Waals surface area contributed by atoms with Gasteiger partial charge >= 0.3 is 0 Å². The molecule has 4 heteroatoms. The minimum absolute atomic E-state index is 0.449. The summed E-state index contributed by atoms with van der Waals surface area (Å²) in [6.07, 6.45) is 19.1. The number of rotatable bonds is 5. The number of nitrogens with zero attached hydrogens (tertiary/aromatic N) is 3. The molecule has 182 valence electrons. The molecule has 3 aliphatic rings. The Kier molecular flexibility index (Phi) is 9.04. The van der Waals surface area contributed by atoms with Gasteiger partial charge in [-0.1, -0.05) is 62.2 Å². The number of aliphatic hydroxyl groups is 1. The molecule has 34 heavy (non-hydrogen) atoms. The van der Waals surface area contributed by atoms with Crippen LogP contribution in [0.5, 0.6) is 0 Å². The molecule has 4 nitrogen and oxygen atoms in total. The van der Waals surface area contributed by atoms with Crippen molar-refractivity contribution in [1.82, 2.24) is 0 Å². The second kappa shape index (κ2) is 12.4. The van der Waals surface area contributed by atoms with E-state index in [1.807, 2.05) is 24.4 Å². The second-order valence-corrected chi connectivity index (χ2v) is 10.3. The lowest BCUT2D eigenvalue weighted by Gasteiger charge is -2.34. The van der Waals surface area contributed by atoms with Crippen LogP contribution in [-0.2, 0) is 5.60 Å². The highest BCUT2D eigenvalue weighted by Gasteiger charge is 2.32. The molecular weight excluding hydrogens is 418 g/mol. The Labute approximate surface area is 205 Å². The Bertz CT molecular complexity index is 943. The monoisotopic (exact) mass is 459 g/mol. The summed E-state index contributed by atoms with van der Waals surface area (Å²) in [6.45, 7) is 4.69. The van der Waals surface area contributed by atoms with Crippen LogP contribution >= 0.6 is 0 Å². The van der Waals surface area contributed by atoms with Crippen LogP contribution < -0.4 is 0 Å². The van der Waals surface area contributed by atoms with Crippen LogP contribution in [0.1, 0.15) is 76.7 Å². The molecule has 1 heterocycles. The highest BCUT2D eigenvalue weighted by Crippen LogP contribution is 2.39. The quantitative estimate of drug-likeness (QED) is 0.502. The van der Waals surface area contributed by atoms with Gasteiger partial charge in [0.2, 0.25) is 0 Å². The van der Waals surface area contributed by atoms with E-state index in [0.717, 1.165) is 88.7 Å². The summed E-state index contributed by atoms with van der Waals surface area (Å²) in [5.41, 5.74) is 4.15. The molecule has 3 atom stereocenters. The Balaban J connectivity index is 1.49. The molecule has 0 saturated heterocycles. The fraction of sp³-hybridized carbons (Fsp3) is 0.567. The number of allylic oxidation sites excluding steroid dienone is 4. The third-order valence-electron chi connectivity index (χ3n) is 7.60. The minimum atomic E-state index is -0.720. The van der Waals surface area contributed by atoms with Crippen molar-refractivity contribution in [3.63, 3.8) is 0 Å². The van der Waals surface area contributed by atoms with E-state index in [-0.39, 0.29) is 0 Å². The van der Waals surface area contributed by atoms with Crippen molar-refractivity contribution in [3.05, 3.63) is 59.7 Å². The average molecular weight is 460 g/mol. The highest BCUT2D eigenvalue weighted by atomic mass is 16.3. The van der Waals surface area contributed by atoms with Gasteiger partial charge in [-0.25, -0.2) is 0 Å². The first-order chi connectivity index (χ1) is 16.6. The van der Waals surface area contributed by atoms with Gasteiger partial charge in [0.1, 0.15) is 0 Å². The number of hydrogen-bond acceptors (Lipinski definition) is 4. The lowest BCUT2D eigenvalue weighted by Crippen LogP contribution is -2.29. The number of hydrogen-bond donors (Lipinski definition) is 1. The number of aliphatic imine (C=N–C) groups is 3. The lowest BCUT2D eigenvalue weighted by molar-refractivity contribution is 0.00576. The first kappa shape index (κ1) is 24.8. The van der Waals surface area contributed by atoms with Crippen LogP contribution in [0.15, 0.2) is 69.1 Å². The van der Waals surface area contributed by atoms with Crippen molar-refractivity contribution >= 4 is 17.6 Å². The van der Waals surface area contributed by atoms with Crippen LogP contribution in [0.3, 0.4) is 0 Å². The van der Waals surface area contributed by atoms with Gasteiger partial charge in [0.25, 0.3) is 0 Å². The number of benzene rings is 1. The summed E-state index contributed by atoms with van der Waals surface area (Å²) in [4.78, 5) is 14.1. The van der Waals surface area contributed by atoms with E-state index in [9.17, 15) is 5.11 Å². The summed E-state index contributed by atoms with van der Waals surface area (Å²) in [7, 11) is 0. The summed E-state index contributed by atoms with van der Waals surface area (Å²) in [5, 5.41) is 11.6. The molecule has 1 saturated carbocycles. The maximum absolute atomic E-state index is 11.6. The van der Waals surface area contributed by atoms with Gasteiger partial charge in [0.15, 0.2) is 0 Å². The molecule has 0 radical (unpaired) electrons. The molecule has 1 fully saturated rings. The van der Waals surface area contributed by atoms with Gasteiger partial charge in [-0.05, 0) is 67.6 Å². The lowest BCUT2D eigenvalue weighted by atomic mass is 9.75. The zero-order chi connectivity index (χ0) is 23.6. The SMILES string of the molecule is CC1C/C=C\C(=NCCN=C2CC=NCC2)/C(C2CCCCC(O)(c3ccccc3)CC2)=C/C1. The molecule has 0 amide bonds. The average Bonchev–Trinajstić information content (AvgIpc) is 2.85. The Morgan fingerprint density at radius 3 is 2.71 bits per heavy atom. The van der Waals surface area contributed by atoms with Crippen molar-refractivity contribution in [2.45, 2.75) is 76.7 Å². The van der Waals surface area contributed by atoms with E-state index in [1.54, 1.807) is 0 Å². The molecule has 1 aromatic rings. The van der Waals surface area contributed by atoms with Gasteiger partial charge in [-0.3, -0.25) is 15.0 Å². The van der Waals surface area contributed by atoms with Crippen LogP contribution in [0.2, 0.25) is 0 Å². The maximum Gasteiger partial charge on any atom is 0.0896 e. The molecule has 1 N–H and O–H groups in total. The van der Waals surface area contributed by atoms with E-state index in [2.05, 4.69) is 42.3 Å². The second-order valence-electron chi connectivity index (χ2n) is 10.3. The van der Waals surface area contributed by atoms with E-state index in [1.165, 1.54) is 17.7 Å². The maximum atomic E-state index is 11.6. The van der Waals surface area contributed by atoms with Gasteiger partial charge < -0.3 is 5.11 Å². The normalized spacial score (nSPS) is 33.4. The molecule has 2 aliphatic carbocycles. The van der Waals surface area contributed by atoms with Crippen LogP contribution in [0.4, 0.5) is 0 Å². The van der Waals surface area contributed by atoms with Crippen molar-refractivity contribution in [2.75, 3.05) is 19.6 Å². The van der Waals surface area contributed by atoms with E-state index in [4.69, 9.17) is 9.98 Å². The standard InChI is InChI=1S/C30H41N3O/c1-24-8-7-12-29(33-23-22-32-27-16-20-31-21-17-27)28(14-13-24)25-9-5-6-18-30(34,19-15-25)26-10-3-2-4-11-26/h2-4,7,10-12,14,20,24-25,34H,5-6,8-9,13,15-19,21-23H2,1H3/b12-7-,28-14+,32-27?,33-29?. The molecule has 0 spiro atoms. The van der Waals surface area contributed by atoms with Crippen LogP contribution in [-0.4, -0.2) is 42.4 Å². The third-order valence-corrected chi connectivity index (χ3v) is 7.60. The van der Waals surface area contributed by atoms with Crippen LogP contribution in [0.25, 0.3) is 0 Å². The molecule has 1 aliphatic heterocycles. The van der Waals surface area contributed by atoms with Crippen molar-refractivity contribution in [2.24, 2.45) is 26.8 Å². The zero-order valence-electron chi connectivity index (χ0n) is 20.8. The predicted molar refractivity (Wildman–Crippen MR) is 144 cm³/mol. The van der Waals surface area contributed by atoms with Gasteiger partial charge in [-0.15, -0.1) is 0 Å². The van der Waals surface area contributed by atoms with Gasteiger partial charge in [0.05, 0.1) is 24.4 Å². The molecule has 4 rings (SSSR count). The largest absolute Gasteiger partial charge is 0.385 e. The summed E-state index contributed by atoms with van der Waals surface area (Å²) >= 11 is 0. The highest BCUT2D eigenvalue weighted by molar-refractivity contribution is 6.08. The summed E-state index contributed by atoms with van der Waals surface area (Å²) in [5.74, 6) is 1.10. The minimum Gasteiger partial charge on any atom is -0.385 e. The van der Waals surface area contributed by atoms with Crippen molar-refractivity contribution in [3.8, 4) is 0 Å². The Morgan fingerprint density at radius 1 is 1.03 bits per heavy atom. The first-order valence-corrected chi connectivity index (χ1v) is 13.3. The summed E-state index contributed by atoms with van der Waals surface area (Å²) < 4.78 is 0. The smallest absolute Gasteiger partial charge is 0.0896 e. The third kappa shape index (κ3) is 6.85. The zero-order valence-corrected chi connectivity index (χ0v) is 20.8. The first-order valence-electron chi connectivity index (χ1n) is 13.3. The van der Waals surface area contributed by atoms with Crippen molar-refractivity contribution in [1.29, 1.82) is 0 Å². The topological polar surface area (TPSA) is 57.3 Å². The summed E-state index contributed by atoms with van der Waals surface area (Å²) in [6, 6.07) is 10.3. The predicted octanol–water partition coefficient (Wildman–Crippen LogP) is 6.50.